The maximum absolute atomic E-state index is 11.7. The van der Waals surface area contributed by atoms with E-state index in [4.69, 9.17) is 0 Å². The van der Waals surface area contributed by atoms with E-state index in [1.54, 1.807) is 0 Å². The first-order valence-corrected chi connectivity index (χ1v) is 6.37. The van der Waals surface area contributed by atoms with Gasteiger partial charge in [0, 0.05) is 11.9 Å². The van der Waals surface area contributed by atoms with Gasteiger partial charge in [0.05, 0.1) is 0 Å². The van der Waals surface area contributed by atoms with E-state index in [0.717, 1.165) is 11.3 Å². The third-order valence-electron chi connectivity index (χ3n) is 3.28. The Morgan fingerprint density at radius 1 is 1.33 bits per heavy atom. The number of carbonyl (C=O) groups is 1. The smallest absolute Gasteiger partial charge is 0.314 e. The molecule has 1 aliphatic carbocycles. The summed E-state index contributed by atoms with van der Waals surface area (Å²) in [5.41, 5.74) is 4.39. The lowest BCUT2D eigenvalue weighted by Gasteiger charge is -2.09. The summed E-state index contributed by atoms with van der Waals surface area (Å²) in [5, 5.41) is 5.64. The second kappa shape index (κ2) is 5.25. The quantitative estimate of drug-likeness (QED) is 0.835. The van der Waals surface area contributed by atoms with Gasteiger partial charge in [0.2, 0.25) is 0 Å². The van der Waals surface area contributed by atoms with Crippen molar-refractivity contribution >= 4 is 11.7 Å². The Kier molecular flexibility index (Phi) is 3.70. The Morgan fingerprint density at radius 3 is 2.67 bits per heavy atom. The number of rotatable bonds is 3. The van der Waals surface area contributed by atoms with Gasteiger partial charge < -0.3 is 10.6 Å². The van der Waals surface area contributed by atoms with Crippen molar-refractivity contribution in [1.82, 2.24) is 5.32 Å². The molecule has 0 aliphatic heterocycles. The molecule has 0 atom stereocenters. The lowest BCUT2D eigenvalue weighted by atomic mass is 10.1. The van der Waals surface area contributed by atoms with Crippen molar-refractivity contribution < 1.29 is 4.79 Å². The molecule has 0 radical (unpaired) electrons. The fourth-order valence-electron chi connectivity index (χ4n) is 1.95. The Hall–Kier alpha value is -1.77. The van der Waals surface area contributed by atoms with Crippen LogP contribution >= 0.6 is 0 Å². The first kappa shape index (κ1) is 12.7. The van der Waals surface area contributed by atoms with Crippen molar-refractivity contribution in [2.45, 2.75) is 33.6 Å². The summed E-state index contributed by atoms with van der Waals surface area (Å²) in [6, 6.07) is 5.80. The highest BCUT2D eigenvalue weighted by Crippen LogP contribution is 2.35. The van der Waals surface area contributed by atoms with Crippen LogP contribution in [0.1, 0.15) is 30.9 Å². The van der Waals surface area contributed by atoms with Gasteiger partial charge in [-0.1, -0.05) is 23.3 Å². The Labute approximate surface area is 108 Å². The number of hydrogen-bond donors (Lipinski definition) is 2. The van der Waals surface area contributed by atoms with Gasteiger partial charge in [-0.3, -0.25) is 0 Å². The van der Waals surface area contributed by atoms with Crippen LogP contribution in [-0.2, 0) is 0 Å². The number of anilines is 1. The highest BCUT2D eigenvalue weighted by Gasteiger charge is 2.22. The van der Waals surface area contributed by atoms with E-state index >= 15 is 0 Å². The number of urea groups is 1. The largest absolute Gasteiger partial charge is 0.323 e. The van der Waals surface area contributed by atoms with Gasteiger partial charge in [0.15, 0.2) is 0 Å². The van der Waals surface area contributed by atoms with E-state index < -0.39 is 0 Å². The molecular formula is C15H20N2O. The van der Waals surface area contributed by atoms with Gasteiger partial charge in [-0.05, 0) is 51.2 Å². The maximum atomic E-state index is 11.7. The molecule has 1 aromatic carbocycles. The van der Waals surface area contributed by atoms with Crippen LogP contribution in [0.15, 0.2) is 30.0 Å². The molecule has 0 saturated heterocycles. The summed E-state index contributed by atoms with van der Waals surface area (Å²) in [5.74, 6) is 0.686. The van der Waals surface area contributed by atoms with Crippen LogP contribution in [0.5, 0.6) is 0 Å². The minimum atomic E-state index is -0.179. The van der Waals surface area contributed by atoms with Gasteiger partial charge >= 0.3 is 6.03 Å². The van der Waals surface area contributed by atoms with Crippen LogP contribution in [-0.4, -0.2) is 6.03 Å². The van der Waals surface area contributed by atoms with Crippen molar-refractivity contribution in [1.29, 1.82) is 0 Å². The van der Waals surface area contributed by atoms with Crippen LogP contribution in [0.25, 0.3) is 0 Å². The Bertz CT molecular complexity index is 487. The molecule has 18 heavy (non-hydrogen) atoms. The number of allylic oxidation sites excluding steroid dienone is 1. The number of carbonyl (C=O) groups excluding carboxylic acids is 1. The standard InChI is InChI=1S/C15H20N2O/c1-10-4-7-14(11(2)8-10)17-15(18)16-9-12(3)13-5-6-13/h4,7-9,13H,5-6H2,1-3H3,(H2,16,17,18)/b12-9+. The predicted molar refractivity (Wildman–Crippen MR) is 74.6 cm³/mol. The zero-order chi connectivity index (χ0) is 13.1. The van der Waals surface area contributed by atoms with E-state index in [0.29, 0.717) is 5.92 Å². The molecule has 0 bridgehead atoms. The molecule has 0 heterocycles. The molecule has 1 aliphatic rings. The minimum absolute atomic E-state index is 0.179. The zero-order valence-corrected chi connectivity index (χ0v) is 11.2. The molecule has 3 nitrogen and oxygen atoms in total. The summed E-state index contributed by atoms with van der Waals surface area (Å²) in [4.78, 5) is 11.7. The highest BCUT2D eigenvalue weighted by atomic mass is 16.2. The van der Waals surface area contributed by atoms with E-state index in [2.05, 4.69) is 23.6 Å². The van der Waals surface area contributed by atoms with Gasteiger partial charge in [-0.25, -0.2) is 4.79 Å². The predicted octanol–water partition coefficient (Wildman–Crippen LogP) is 3.74. The second-order valence-electron chi connectivity index (χ2n) is 5.08. The summed E-state index contributed by atoms with van der Waals surface area (Å²) in [7, 11) is 0. The third kappa shape index (κ3) is 3.36. The molecular weight excluding hydrogens is 224 g/mol. The van der Waals surface area contributed by atoms with Crippen molar-refractivity contribution in [3.05, 3.63) is 41.1 Å². The third-order valence-corrected chi connectivity index (χ3v) is 3.28. The molecule has 1 aromatic rings. The average Bonchev–Trinajstić information content (AvgIpc) is 3.14. The monoisotopic (exact) mass is 244 g/mol. The van der Waals surface area contributed by atoms with Crippen molar-refractivity contribution in [3.63, 3.8) is 0 Å². The second-order valence-corrected chi connectivity index (χ2v) is 5.08. The van der Waals surface area contributed by atoms with Gasteiger partial charge in [0.1, 0.15) is 0 Å². The summed E-state index contributed by atoms with van der Waals surface area (Å²) < 4.78 is 0. The number of benzene rings is 1. The van der Waals surface area contributed by atoms with Gasteiger partial charge in [0.25, 0.3) is 0 Å². The molecule has 3 heteroatoms. The van der Waals surface area contributed by atoms with Crippen molar-refractivity contribution in [3.8, 4) is 0 Å². The zero-order valence-electron chi connectivity index (χ0n) is 11.2. The van der Waals surface area contributed by atoms with Crippen molar-refractivity contribution in [2.24, 2.45) is 5.92 Å². The fourth-order valence-corrected chi connectivity index (χ4v) is 1.95. The first-order valence-electron chi connectivity index (χ1n) is 6.37. The number of amides is 2. The molecule has 1 saturated carbocycles. The van der Waals surface area contributed by atoms with Crippen molar-refractivity contribution in [2.75, 3.05) is 5.32 Å². The molecule has 2 amide bonds. The Morgan fingerprint density at radius 2 is 2.06 bits per heavy atom. The summed E-state index contributed by atoms with van der Waals surface area (Å²) >= 11 is 0. The van der Waals surface area contributed by atoms with E-state index in [1.807, 2.05) is 32.2 Å². The highest BCUT2D eigenvalue weighted by molar-refractivity contribution is 5.90. The minimum Gasteiger partial charge on any atom is -0.314 e. The number of aryl methyl sites for hydroxylation is 2. The fraction of sp³-hybridized carbons (Fsp3) is 0.400. The van der Waals surface area contributed by atoms with Crippen LogP contribution in [0, 0.1) is 19.8 Å². The summed E-state index contributed by atoms with van der Waals surface area (Å²) in [6.07, 6.45) is 4.32. The maximum Gasteiger partial charge on any atom is 0.323 e. The van der Waals surface area contributed by atoms with E-state index in [9.17, 15) is 4.79 Å². The first-order chi connectivity index (χ1) is 8.56. The SMILES string of the molecule is C/C(=C\NC(=O)Nc1ccc(C)cc1C)C1CC1. The van der Waals surface area contributed by atoms with Crippen LogP contribution in [0.2, 0.25) is 0 Å². The van der Waals surface area contributed by atoms with Crippen LogP contribution in [0.3, 0.4) is 0 Å². The summed E-state index contributed by atoms with van der Waals surface area (Å²) in [6.45, 7) is 6.10. The lowest BCUT2D eigenvalue weighted by molar-refractivity contribution is 0.255. The molecule has 0 spiro atoms. The normalized spacial score (nSPS) is 15.4. The van der Waals surface area contributed by atoms with E-state index in [1.165, 1.54) is 24.0 Å². The Balaban J connectivity index is 1.92. The molecule has 1 fully saturated rings. The molecule has 0 aromatic heterocycles. The van der Waals surface area contributed by atoms with E-state index in [-0.39, 0.29) is 6.03 Å². The van der Waals surface area contributed by atoms with Crippen LogP contribution < -0.4 is 10.6 Å². The molecule has 2 N–H and O–H groups in total. The topological polar surface area (TPSA) is 41.1 Å². The van der Waals surface area contributed by atoms with Gasteiger partial charge in [-0.2, -0.15) is 0 Å². The van der Waals surface area contributed by atoms with Gasteiger partial charge in [-0.15, -0.1) is 0 Å². The molecule has 0 unspecified atom stereocenters. The average molecular weight is 244 g/mol. The lowest BCUT2D eigenvalue weighted by Crippen LogP contribution is -2.24. The molecule has 96 valence electrons. The number of hydrogen-bond acceptors (Lipinski definition) is 1. The van der Waals surface area contributed by atoms with Crippen LogP contribution in [0.4, 0.5) is 10.5 Å². The number of nitrogens with one attached hydrogen (secondary N) is 2. The molecule has 2 rings (SSSR count).